The molecule has 1 aliphatic heterocycles. The van der Waals surface area contributed by atoms with Gasteiger partial charge >= 0.3 is 5.97 Å². The van der Waals surface area contributed by atoms with Gasteiger partial charge in [-0.2, -0.15) is 0 Å². The van der Waals surface area contributed by atoms with Crippen molar-refractivity contribution in [3.63, 3.8) is 0 Å². The van der Waals surface area contributed by atoms with Crippen LogP contribution in [0.25, 0.3) is 0 Å². The number of rotatable bonds is 5. The minimum absolute atomic E-state index is 0.232. The van der Waals surface area contributed by atoms with Crippen molar-refractivity contribution in [1.29, 1.82) is 0 Å². The molecule has 3 rings (SSSR count). The Labute approximate surface area is 151 Å². The molecule has 1 atom stereocenters. The minimum atomic E-state index is -1.24. The lowest BCUT2D eigenvalue weighted by atomic mass is 10.2. The number of anilines is 1. The number of carboxylic acids is 1. The SMILES string of the molecule is O=C(O)c1cn(CC(=O)N2CSCC2C(=O)Nc2cccc(F)c2)nn1. The van der Waals surface area contributed by atoms with Crippen LogP contribution in [0.1, 0.15) is 10.5 Å². The number of aromatic carboxylic acids is 1. The summed E-state index contributed by atoms with van der Waals surface area (Å²) in [5, 5.41) is 18.4. The highest BCUT2D eigenvalue weighted by atomic mass is 32.2. The number of carboxylic acid groups (broad SMARTS) is 1. The maximum absolute atomic E-state index is 13.2. The molecule has 0 aliphatic carbocycles. The van der Waals surface area contributed by atoms with Gasteiger partial charge in [-0.3, -0.25) is 9.59 Å². The van der Waals surface area contributed by atoms with Crippen molar-refractivity contribution in [2.24, 2.45) is 0 Å². The summed E-state index contributed by atoms with van der Waals surface area (Å²) >= 11 is 1.41. The lowest BCUT2D eigenvalue weighted by molar-refractivity contribution is -0.136. The van der Waals surface area contributed by atoms with Crippen LogP contribution in [0.15, 0.2) is 30.5 Å². The molecule has 0 spiro atoms. The fraction of sp³-hybridized carbons (Fsp3) is 0.267. The summed E-state index contributed by atoms with van der Waals surface area (Å²) in [5.41, 5.74) is 0.0377. The number of thioether (sulfide) groups is 1. The number of carbonyl (C=O) groups excluding carboxylic acids is 2. The first-order valence-corrected chi connectivity index (χ1v) is 8.66. The van der Waals surface area contributed by atoms with Crippen LogP contribution in [0, 0.1) is 5.82 Å². The molecule has 1 unspecified atom stereocenters. The summed E-state index contributed by atoms with van der Waals surface area (Å²) in [7, 11) is 0. The van der Waals surface area contributed by atoms with Gasteiger partial charge in [0.1, 0.15) is 18.4 Å². The van der Waals surface area contributed by atoms with Gasteiger partial charge in [0.15, 0.2) is 5.69 Å². The zero-order chi connectivity index (χ0) is 18.7. The minimum Gasteiger partial charge on any atom is -0.476 e. The summed E-state index contributed by atoms with van der Waals surface area (Å²) < 4.78 is 14.3. The normalized spacial score (nSPS) is 16.5. The standard InChI is InChI=1S/C15H14FN5O4S/c16-9-2-1-3-10(4-9)17-14(23)12-7-26-8-21(12)13(22)6-20-5-11(15(24)25)18-19-20/h1-5,12H,6-8H2,(H,17,23)(H,24,25). The molecule has 1 aliphatic rings. The third-order valence-electron chi connectivity index (χ3n) is 3.65. The largest absolute Gasteiger partial charge is 0.476 e. The maximum atomic E-state index is 13.2. The average molecular weight is 379 g/mol. The van der Waals surface area contributed by atoms with E-state index in [2.05, 4.69) is 15.6 Å². The van der Waals surface area contributed by atoms with E-state index >= 15 is 0 Å². The van der Waals surface area contributed by atoms with Crippen molar-refractivity contribution < 1.29 is 23.9 Å². The molecule has 2 N–H and O–H groups in total. The maximum Gasteiger partial charge on any atom is 0.358 e. The Hall–Kier alpha value is -2.95. The first kappa shape index (κ1) is 17.9. The first-order chi connectivity index (χ1) is 12.4. The summed E-state index contributed by atoms with van der Waals surface area (Å²) in [4.78, 5) is 37.1. The second-order valence-electron chi connectivity index (χ2n) is 5.49. The molecule has 1 saturated heterocycles. The van der Waals surface area contributed by atoms with Gasteiger partial charge in [0.05, 0.1) is 12.1 Å². The van der Waals surface area contributed by atoms with Crippen LogP contribution >= 0.6 is 11.8 Å². The fourth-order valence-corrected chi connectivity index (χ4v) is 3.58. The average Bonchev–Trinajstić information content (AvgIpc) is 3.24. The number of nitrogens with one attached hydrogen (secondary N) is 1. The number of carbonyl (C=O) groups is 3. The predicted molar refractivity (Wildman–Crippen MR) is 90.0 cm³/mol. The van der Waals surface area contributed by atoms with Crippen molar-refractivity contribution in [3.05, 3.63) is 42.0 Å². The Morgan fingerprint density at radius 3 is 2.88 bits per heavy atom. The van der Waals surface area contributed by atoms with Gasteiger partial charge in [-0.15, -0.1) is 16.9 Å². The number of nitrogens with zero attached hydrogens (tertiary/aromatic N) is 4. The van der Waals surface area contributed by atoms with Crippen LogP contribution in [0.5, 0.6) is 0 Å². The van der Waals surface area contributed by atoms with E-state index < -0.39 is 29.6 Å². The quantitative estimate of drug-likeness (QED) is 0.783. The van der Waals surface area contributed by atoms with Gasteiger partial charge in [-0.25, -0.2) is 13.9 Å². The molecule has 2 aromatic rings. The second kappa shape index (κ2) is 7.52. The second-order valence-corrected chi connectivity index (χ2v) is 6.49. The summed E-state index contributed by atoms with van der Waals surface area (Å²) in [6, 6.07) is 4.77. The molecule has 2 amide bonds. The predicted octanol–water partition coefficient (Wildman–Crippen LogP) is 0.656. The number of amides is 2. The number of hydrogen-bond donors (Lipinski definition) is 2. The van der Waals surface area contributed by atoms with E-state index in [1.807, 2.05) is 0 Å². The molecule has 2 heterocycles. The van der Waals surface area contributed by atoms with Crippen LogP contribution in [0.4, 0.5) is 10.1 Å². The number of benzene rings is 1. The summed E-state index contributed by atoms with van der Waals surface area (Å²) in [6.07, 6.45) is 1.14. The van der Waals surface area contributed by atoms with E-state index in [0.29, 0.717) is 17.3 Å². The number of hydrogen-bond acceptors (Lipinski definition) is 6. The Morgan fingerprint density at radius 2 is 2.19 bits per heavy atom. The van der Waals surface area contributed by atoms with E-state index in [1.165, 1.54) is 34.9 Å². The van der Waals surface area contributed by atoms with Crippen LogP contribution in [0.2, 0.25) is 0 Å². The molecular formula is C15H14FN5O4S. The van der Waals surface area contributed by atoms with Crippen LogP contribution in [-0.4, -0.2) is 60.5 Å². The molecule has 11 heteroatoms. The third kappa shape index (κ3) is 3.99. The van der Waals surface area contributed by atoms with Crippen LogP contribution in [-0.2, 0) is 16.1 Å². The van der Waals surface area contributed by atoms with E-state index in [-0.39, 0.29) is 12.2 Å². The van der Waals surface area contributed by atoms with E-state index in [4.69, 9.17) is 5.11 Å². The van der Waals surface area contributed by atoms with Gasteiger partial charge in [0, 0.05) is 11.4 Å². The van der Waals surface area contributed by atoms with Crippen LogP contribution < -0.4 is 5.32 Å². The van der Waals surface area contributed by atoms with Crippen molar-refractivity contribution in [2.45, 2.75) is 12.6 Å². The molecule has 1 aromatic carbocycles. The van der Waals surface area contributed by atoms with E-state index in [9.17, 15) is 18.8 Å². The van der Waals surface area contributed by atoms with Crippen molar-refractivity contribution >= 4 is 35.2 Å². The van der Waals surface area contributed by atoms with E-state index in [1.54, 1.807) is 6.07 Å². The van der Waals surface area contributed by atoms with E-state index in [0.717, 1.165) is 10.9 Å². The van der Waals surface area contributed by atoms with Crippen molar-refractivity contribution in [2.75, 3.05) is 16.9 Å². The first-order valence-electron chi connectivity index (χ1n) is 7.51. The van der Waals surface area contributed by atoms with Gasteiger partial charge in [0.2, 0.25) is 11.8 Å². The topological polar surface area (TPSA) is 117 Å². The summed E-state index contributed by atoms with van der Waals surface area (Å²) in [5.74, 6) is -1.80. The number of aromatic nitrogens is 3. The molecule has 26 heavy (non-hydrogen) atoms. The molecule has 9 nitrogen and oxygen atoms in total. The lowest BCUT2D eigenvalue weighted by Gasteiger charge is -2.23. The molecule has 0 saturated carbocycles. The monoisotopic (exact) mass is 379 g/mol. The van der Waals surface area contributed by atoms with Crippen molar-refractivity contribution in [3.8, 4) is 0 Å². The highest BCUT2D eigenvalue weighted by molar-refractivity contribution is 7.99. The van der Waals surface area contributed by atoms with Gasteiger partial charge in [-0.05, 0) is 18.2 Å². The number of halogens is 1. The Bertz CT molecular complexity index is 858. The highest BCUT2D eigenvalue weighted by Gasteiger charge is 2.34. The Morgan fingerprint density at radius 1 is 1.38 bits per heavy atom. The van der Waals surface area contributed by atoms with Crippen molar-refractivity contribution in [1.82, 2.24) is 19.9 Å². The van der Waals surface area contributed by atoms with Crippen LogP contribution in [0.3, 0.4) is 0 Å². The lowest BCUT2D eigenvalue weighted by Crippen LogP contribution is -2.45. The Kier molecular flexibility index (Phi) is 5.16. The molecule has 136 valence electrons. The fourth-order valence-electron chi connectivity index (χ4n) is 2.40. The summed E-state index contributed by atoms with van der Waals surface area (Å²) in [6.45, 7) is -0.232. The van der Waals surface area contributed by atoms with Gasteiger partial charge < -0.3 is 15.3 Å². The molecule has 1 aromatic heterocycles. The highest BCUT2D eigenvalue weighted by Crippen LogP contribution is 2.23. The molecular weight excluding hydrogens is 365 g/mol. The zero-order valence-electron chi connectivity index (χ0n) is 13.3. The molecule has 0 radical (unpaired) electrons. The van der Waals surface area contributed by atoms with Gasteiger partial charge in [0.25, 0.3) is 0 Å². The van der Waals surface area contributed by atoms with Gasteiger partial charge in [-0.1, -0.05) is 11.3 Å². The molecule has 0 bridgehead atoms. The molecule has 1 fully saturated rings. The Balaban J connectivity index is 1.65. The zero-order valence-corrected chi connectivity index (χ0v) is 14.1. The smallest absolute Gasteiger partial charge is 0.358 e. The third-order valence-corrected chi connectivity index (χ3v) is 4.66.